The minimum absolute atomic E-state index is 0.0986. The summed E-state index contributed by atoms with van der Waals surface area (Å²) in [7, 11) is 1.62. The molecule has 1 aliphatic carbocycles. The van der Waals surface area contributed by atoms with Gasteiger partial charge in [-0.15, -0.1) is 0 Å². The summed E-state index contributed by atoms with van der Waals surface area (Å²) in [6.45, 7) is 0.810. The van der Waals surface area contributed by atoms with Gasteiger partial charge in [0.25, 0.3) is 0 Å². The SMILES string of the molecule is COc1ccc(CNC2CCC(O)CC2)cc1Cl. The number of ether oxygens (including phenoxy) is 1. The van der Waals surface area contributed by atoms with E-state index in [-0.39, 0.29) is 6.10 Å². The van der Waals surface area contributed by atoms with E-state index in [0.29, 0.717) is 16.8 Å². The second-order valence-electron chi connectivity index (χ2n) is 4.86. The Kier molecular flexibility index (Phi) is 4.87. The molecule has 1 saturated carbocycles. The highest BCUT2D eigenvalue weighted by Gasteiger charge is 2.18. The first-order valence-electron chi connectivity index (χ1n) is 6.43. The number of hydrogen-bond donors (Lipinski definition) is 2. The fraction of sp³-hybridized carbons (Fsp3) is 0.571. The van der Waals surface area contributed by atoms with E-state index in [9.17, 15) is 5.11 Å². The first-order valence-corrected chi connectivity index (χ1v) is 6.80. The van der Waals surface area contributed by atoms with Gasteiger partial charge in [-0.3, -0.25) is 0 Å². The molecule has 2 rings (SSSR count). The second kappa shape index (κ2) is 6.41. The Bertz CT molecular complexity index is 389. The lowest BCUT2D eigenvalue weighted by molar-refractivity contribution is 0.116. The lowest BCUT2D eigenvalue weighted by Gasteiger charge is -2.26. The molecule has 1 aromatic rings. The predicted molar refractivity (Wildman–Crippen MR) is 73.1 cm³/mol. The number of methoxy groups -OCH3 is 1. The molecule has 1 fully saturated rings. The van der Waals surface area contributed by atoms with E-state index in [0.717, 1.165) is 37.8 Å². The van der Waals surface area contributed by atoms with Gasteiger partial charge in [0.05, 0.1) is 18.2 Å². The van der Waals surface area contributed by atoms with Crippen molar-refractivity contribution >= 4 is 11.6 Å². The Morgan fingerprint density at radius 1 is 1.33 bits per heavy atom. The van der Waals surface area contributed by atoms with Gasteiger partial charge >= 0.3 is 0 Å². The van der Waals surface area contributed by atoms with E-state index < -0.39 is 0 Å². The number of aliphatic hydroxyl groups is 1. The Morgan fingerprint density at radius 2 is 2.06 bits per heavy atom. The Labute approximate surface area is 113 Å². The fourth-order valence-corrected chi connectivity index (χ4v) is 2.64. The van der Waals surface area contributed by atoms with Crippen molar-refractivity contribution in [3.8, 4) is 5.75 Å². The lowest BCUT2D eigenvalue weighted by Crippen LogP contribution is -2.34. The van der Waals surface area contributed by atoms with Crippen molar-refractivity contribution in [2.24, 2.45) is 0 Å². The van der Waals surface area contributed by atoms with E-state index >= 15 is 0 Å². The molecule has 0 atom stereocenters. The average Bonchev–Trinajstić information content (AvgIpc) is 2.38. The molecular formula is C14H20ClNO2. The first kappa shape index (κ1) is 13.7. The molecule has 18 heavy (non-hydrogen) atoms. The van der Waals surface area contributed by atoms with Crippen LogP contribution in [0.1, 0.15) is 31.2 Å². The molecule has 2 N–H and O–H groups in total. The number of halogens is 1. The maximum atomic E-state index is 9.45. The summed E-state index contributed by atoms with van der Waals surface area (Å²) in [5.41, 5.74) is 1.16. The minimum Gasteiger partial charge on any atom is -0.495 e. The fourth-order valence-electron chi connectivity index (χ4n) is 2.36. The topological polar surface area (TPSA) is 41.5 Å². The van der Waals surface area contributed by atoms with Crippen molar-refractivity contribution in [3.63, 3.8) is 0 Å². The van der Waals surface area contributed by atoms with Crippen molar-refractivity contribution < 1.29 is 9.84 Å². The largest absolute Gasteiger partial charge is 0.495 e. The van der Waals surface area contributed by atoms with Crippen LogP contribution in [0.25, 0.3) is 0 Å². The molecule has 0 radical (unpaired) electrons. The molecule has 4 heteroatoms. The molecule has 0 amide bonds. The zero-order valence-electron chi connectivity index (χ0n) is 10.7. The van der Waals surface area contributed by atoms with Gasteiger partial charge in [0.15, 0.2) is 0 Å². The van der Waals surface area contributed by atoms with Crippen LogP contribution in [0.2, 0.25) is 5.02 Å². The standard InChI is InChI=1S/C14H20ClNO2/c1-18-14-7-2-10(8-13(14)15)9-16-11-3-5-12(17)6-4-11/h2,7-8,11-12,16-17H,3-6,9H2,1H3. The number of aliphatic hydroxyl groups excluding tert-OH is 1. The smallest absolute Gasteiger partial charge is 0.137 e. The number of rotatable bonds is 4. The summed E-state index contributed by atoms with van der Waals surface area (Å²) < 4.78 is 5.13. The van der Waals surface area contributed by atoms with Crippen molar-refractivity contribution in [1.29, 1.82) is 0 Å². The van der Waals surface area contributed by atoms with Gasteiger partial charge in [-0.05, 0) is 43.4 Å². The number of nitrogens with one attached hydrogen (secondary N) is 1. The van der Waals surface area contributed by atoms with Gasteiger partial charge in [-0.1, -0.05) is 17.7 Å². The van der Waals surface area contributed by atoms with Crippen LogP contribution in [-0.4, -0.2) is 24.4 Å². The van der Waals surface area contributed by atoms with Crippen molar-refractivity contribution in [2.45, 2.75) is 44.4 Å². The van der Waals surface area contributed by atoms with Crippen LogP contribution in [0, 0.1) is 0 Å². The van der Waals surface area contributed by atoms with Gasteiger partial charge in [0.1, 0.15) is 5.75 Å². The highest BCUT2D eigenvalue weighted by atomic mass is 35.5. The molecule has 0 bridgehead atoms. The highest BCUT2D eigenvalue weighted by Crippen LogP contribution is 2.25. The molecule has 3 nitrogen and oxygen atoms in total. The molecule has 100 valence electrons. The van der Waals surface area contributed by atoms with Crippen molar-refractivity contribution in [3.05, 3.63) is 28.8 Å². The molecule has 0 unspecified atom stereocenters. The molecule has 1 aliphatic rings. The van der Waals surface area contributed by atoms with Gasteiger partial charge < -0.3 is 15.2 Å². The third-order valence-electron chi connectivity index (χ3n) is 3.51. The van der Waals surface area contributed by atoms with Crippen molar-refractivity contribution in [1.82, 2.24) is 5.32 Å². The van der Waals surface area contributed by atoms with E-state index in [1.165, 1.54) is 0 Å². The Hall–Kier alpha value is -0.770. The van der Waals surface area contributed by atoms with E-state index in [4.69, 9.17) is 16.3 Å². The maximum absolute atomic E-state index is 9.45. The number of hydrogen-bond acceptors (Lipinski definition) is 3. The average molecular weight is 270 g/mol. The molecule has 0 heterocycles. The Morgan fingerprint density at radius 3 is 2.67 bits per heavy atom. The van der Waals surface area contributed by atoms with E-state index in [1.807, 2.05) is 18.2 Å². The molecule has 1 aromatic carbocycles. The van der Waals surface area contributed by atoms with E-state index in [2.05, 4.69) is 5.32 Å². The van der Waals surface area contributed by atoms with Crippen LogP contribution >= 0.6 is 11.6 Å². The third kappa shape index (κ3) is 3.61. The molecule has 0 saturated heterocycles. The Balaban J connectivity index is 1.84. The van der Waals surface area contributed by atoms with Gasteiger partial charge in [-0.2, -0.15) is 0 Å². The summed E-state index contributed by atoms with van der Waals surface area (Å²) in [6.07, 6.45) is 3.80. The van der Waals surface area contributed by atoms with Gasteiger partial charge in [-0.25, -0.2) is 0 Å². The zero-order valence-corrected chi connectivity index (χ0v) is 11.4. The van der Waals surface area contributed by atoms with Crippen LogP contribution in [0.5, 0.6) is 5.75 Å². The predicted octanol–water partition coefficient (Wildman–Crippen LogP) is 2.74. The van der Waals surface area contributed by atoms with Crippen molar-refractivity contribution in [2.75, 3.05) is 7.11 Å². The molecule has 0 aromatic heterocycles. The van der Waals surface area contributed by atoms with Crippen LogP contribution < -0.4 is 10.1 Å². The number of benzene rings is 1. The van der Waals surface area contributed by atoms with Crippen LogP contribution in [0.4, 0.5) is 0 Å². The van der Waals surface area contributed by atoms with Crippen LogP contribution in [0.15, 0.2) is 18.2 Å². The quantitative estimate of drug-likeness (QED) is 0.883. The van der Waals surface area contributed by atoms with E-state index in [1.54, 1.807) is 7.11 Å². The molecule has 0 spiro atoms. The highest BCUT2D eigenvalue weighted by molar-refractivity contribution is 6.32. The monoisotopic (exact) mass is 269 g/mol. The van der Waals surface area contributed by atoms with Crippen LogP contribution in [-0.2, 0) is 6.54 Å². The van der Waals surface area contributed by atoms with Gasteiger partial charge in [0, 0.05) is 12.6 Å². The van der Waals surface area contributed by atoms with Crippen LogP contribution in [0.3, 0.4) is 0 Å². The summed E-state index contributed by atoms with van der Waals surface area (Å²) in [5, 5.41) is 13.6. The zero-order chi connectivity index (χ0) is 13.0. The maximum Gasteiger partial charge on any atom is 0.137 e. The molecular weight excluding hydrogens is 250 g/mol. The molecule has 0 aliphatic heterocycles. The lowest BCUT2D eigenvalue weighted by atomic mass is 9.93. The second-order valence-corrected chi connectivity index (χ2v) is 5.26. The third-order valence-corrected chi connectivity index (χ3v) is 3.80. The van der Waals surface area contributed by atoms with Gasteiger partial charge in [0.2, 0.25) is 0 Å². The summed E-state index contributed by atoms with van der Waals surface area (Å²) in [5.74, 6) is 0.709. The summed E-state index contributed by atoms with van der Waals surface area (Å²) in [4.78, 5) is 0. The normalized spacial score (nSPS) is 23.9. The summed E-state index contributed by atoms with van der Waals surface area (Å²) >= 11 is 6.08. The summed E-state index contributed by atoms with van der Waals surface area (Å²) in [6, 6.07) is 6.36. The first-order chi connectivity index (χ1) is 8.69. The minimum atomic E-state index is -0.0986.